The van der Waals surface area contributed by atoms with Crippen LogP contribution in [0.5, 0.6) is 0 Å². The van der Waals surface area contributed by atoms with E-state index < -0.39 is 0 Å². The quantitative estimate of drug-likeness (QED) is 0.300. The van der Waals surface area contributed by atoms with Crippen LogP contribution in [-0.4, -0.2) is 0 Å². The summed E-state index contributed by atoms with van der Waals surface area (Å²) >= 11 is 1.69. The second kappa shape index (κ2) is 4.49. The molecule has 1 heterocycles. The molecular weight excluding hydrogens is 310 g/mol. The molecule has 0 amide bonds. The first-order valence-corrected chi connectivity index (χ1v) is 8.14. The Morgan fingerprint density at radius 2 is 1.00 bits per heavy atom. The molecule has 0 radical (unpaired) electrons. The molecule has 3 heteroatoms. The Hall–Kier alpha value is -2.52. The lowest BCUT2D eigenvalue weighted by Gasteiger charge is -2.01. The Morgan fingerprint density at radius 1 is 0.522 bits per heavy atom. The predicted molar refractivity (Wildman–Crippen MR) is 94.3 cm³/mol. The van der Waals surface area contributed by atoms with Gasteiger partial charge in [0.1, 0.15) is 11.6 Å². The van der Waals surface area contributed by atoms with Crippen LogP contribution in [0.4, 0.5) is 8.78 Å². The molecule has 0 atom stereocenters. The van der Waals surface area contributed by atoms with Gasteiger partial charge in [-0.05, 0) is 70.1 Å². The fourth-order valence-electron chi connectivity index (χ4n) is 3.20. The van der Waals surface area contributed by atoms with E-state index >= 15 is 0 Å². The summed E-state index contributed by atoms with van der Waals surface area (Å²) < 4.78 is 29.2. The van der Waals surface area contributed by atoms with Crippen molar-refractivity contribution in [3.8, 4) is 0 Å². The van der Waals surface area contributed by atoms with Gasteiger partial charge >= 0.3 is 0 Å². The van der Waals surface area contributed by atoms with Crippen molar-refractivity contribution in [3.63, 3.8) is 0 Å². The van der Waals surface area contributed by atoms with E-state index in [0.29, 0.717) is 0 Å². The van der Waals surface area contributed by atoms with Crippen molar-refractivity contribution in [1.82, 2.24) is 0 Å². The van der Waals surface area contributed by atoms with E-state index in [2.05, 4.69) is 12.1 Å². The number of hydrogen-bond acceptors (Lipinski definition) is 1. The number of thiophene rings is 1. The van der Waals surface area contributed by atoms with Gasteiger partial charge in [0.15, 0.2) is 0 Å². The third kappa shape index (κ3) is 1.93. The largest absolute Gasteiger partial charge is 0.207 e. The van der Waals surface area contributed by atoms with Crippen LogP contribution in [-0.2, 0) is 0 Å². The van der Waals surface area contributed by atoms with Crippen LogP contribution < -0.4 is 0 Å². The molecule has 0 saturated carbocycles. The van der Waals surface area contributed by atoms with E-state index in [4.69, 9.17) is 0 Å². The van der Waals surface area contributed by atoms with Gasteiger partial charge in [-0.1, -0.05) is 12.1 Å². The molecule has 0 aliphatic heterocycles. The van der Waals surface area contributed by atoms with Crippen molar-refractivity contribution in [2.24, 2.45) is 0 Å². The second-order valence-electron chi connectivity index (χ2n) is 5.78. The Morgan fingerprint density at radius 3 is 1.65 bits per heavy atom. The van der Waals surface area contributed by atoms with Crippen LogP contribution in [0.1, 0.15) is 0 Å². The maximum atomic E-state index is 13.5. The Bertz CT molecular complexity index is 1230. The van der Waals surface area contributed by atoms with Crippen LogP contribution in [0.15, 0.2) is 60.7 Å². The van der Waals surface area contributed by atoms with Gasteiger partial charge in [0, 0.05) is 20.2 Å². The first-order valence-electron chi connectivity index (χ1n) is 7.32. The molecule has 4 aromatic carbocycles. The average Bonchev–Trinajstić information content (AvgIpc) is 2.87. The summed E-state index contributed by atoms with van der Waals surface area (Å²) in [5, 5.41) is 6.10. The summed E-state index contributed by atoms with van der Waals surface area (Å²) in [4.78, 5) is 0. The lowest BCUT2D eigenvalue weighted by Crippen LogP contribution is -1.77. The zero-order valence-electron chi connectivity index (χ0n) is 11.9. The first-order chi connectivity index (χ1) is 11.2. The minimum absolute atomic E-state index is 0.223. The molecule has 0 aliphatic carbocycles. The van der Waals surface area contributed by atoms with Crippen molar-refractivity contribution >= 4 is 53.1 Å². The zero-order valence-corrected chi connectivity index (χ0v) is 12.8. The highest BCUT2D eigenvalue weighted by atomic mass is 32.1. The minimum atomic E-state index is -0.225. The van der Waals surface area contributed by atoms with Gasteiger partial charge in [-0.15, -0.1) is 11.3 Å². The van der Waals surface area contributed by atoms with Crippen molar-refractivity contribution in [2.45, 2.75) is 0 Å². The highest BCUT2D eigenvalue weighted by Crippen LogP contribution is 2.38. The van der Waals surface area contributed by atoms with E-state index in [-0.39, 0.29) is 11.6 Å². The Kier molecular flexibility index (Phi) is 2.53. The van der Waals surface area contributed by atoms with E-state index in [1.165, 1.54) is 12.1 Å². The standard InChI is InChI=1S/C20H10F2S/c21-15-4-2-12-9-19-18(8-13(12)5-15)17-7-11-1-3-16(22)6-14(11)10-20(17)23-19/h1-10H. The number of rotatable bonds is 0. The monoisotopic (exact) mass is 320 g/mol. The third-order valence-electron chi connectivity index (χ3n) is 4.31. The fourth-order valence-corrected chi connectivity index (χ4v) is 4.37. The molecule has 0 N–H and O–H groups in total. The molecule has 5 rings (SSSR count). The summed E-state index contributed by atoms with van der Waals surface area (Å²) in [5.41, 5.74) is 0. The molecular formula is C20H10F2S. The number of hydrogen-bond donors (Lipinski definition) is 0. The van der Waals surface area contributed by atoms with Gasteiger partial charge in [-0.25, -0.2) is 8.78 Å². The normalized spacial score (nSPS) is 11.9. The second-order valence-corrected chi connectivity index (χ2v) is 6.87. The minimum Gasteiger partial charge on any atom is -0.207 e. The number of halogens is 2. The van der Waals surface area contributed by atoms with Crippen LogP contribution in [0, 0.1) is 11.6 Å². The molecule has 0 bridgehead atoms. The van der Waals surface area contributed by atoms with Crippen LogP contribution in [0.25, 0.3) is 41.7 Å². The third-order valence-corrected chi connectivity index (χ3v) is 5.43. The van der Waals surface area contributed by atoms with Gasteiger partial charge in [0.2, 0.25) is 0 Å². The van der Waals surface area contributed by atoms with E-state index in [1.54, 1.807) is 35.6 Å². The molecule has 0 nitrogen and oxygen atoms in total. The maximum Gasteiger partial charge on any atom is 0.123 e. The molecule has 5 aromatic rings. The summed E-state index contributed by atoms with van der Waals surface area (Å²) in [5.74, 6) is -0.448. The smallest absolute Gasteiger partial charge is 0.123 e. The molecule has 0 fully saturated rings. The molecule has 1 aromatic heterocycles. The van der Waals surface area contributed by atoms with E-state index in [0.717, 1.165) is 41.7 Å². The molecule has 0 saturated heterocycles. The predicted octanol–water partition coefficient (Wildman–Crippen LogP) is 6.64. The van der Waals surface area contributed by atoms with Crippen LogP contribution in [0.3, 0.4) is 0 Å². The lowest BCUT2D eigenvalue weighted by molar-refractivity contribution is 0.629. The SMILES string of the molecule is Fc1ccc2cc3c(cc2c1)sc1cc2ccc(F)cc2cc13. The highest BCUT2D eigenvalue weighted by molar-refractivity contribution is 7.26. The van der Waals surface area contributed by atoms with Gasteiger partial charge in [-0.2, -0.15) is 0 Å². The summed E-state index contributed by atoms with van der Waals surface area (Å²) in [7, 11) is 0. The average molecular weight is 320 g/mol. The van der Waals surface area contributed by atoms with Crippen LogP contribution in [0.2, 0.25) is 0 Å². The number of fused-ring (bicyclic) bond motifs is 5. The van der Waals surface area contributed by atoms with Crippen molar-refractivity contribution in [1.29, 1.82) is 0 Å². The summed E-state index contributed by atoms with van der Waals surface area (Å²) in [6, 6.07) is 18.0. The lowest BCUT2D eigenvalue weighted by atomic mass is 10.0. The molecule has 0 unspecified atom stereocenters. The highest BCUT2D eigenvalue weighted by Gasteiger charge is 2.09. The van der Waals surface area contributed by atoms with Crippen molar-refractivity contribution in [3.05, 3.63) is 72.3 Å². The van der Waals surface area contributed by atoms with Gasteiger partial charge in [0.05, 0.1) is 0 Å². The van der Waals surface area contributed by atoms with Crippen molar-refractivity contribution in [2.75, 3.05) is 0 Å². The molecule has 23 heavy (non-hydrogen) atoms. The molecule has 0 spiro atoms. The summed E-state index contributed by atoms with van der Waals surface area (Å²) in [6.45, 7) is 0. The number of benzene rings is 4. The Balaban J connectivity index is 1.94. The van der Waals surface area contributed by atoms with Gasteiger partial charge in [0.25, 0.3) is 0 Å². The van der Waals surface area contributed by atoms with Crippen molar-refractivity contribution < 1.29 is 8.78 Å². The fraction of sp³-hybridized carbons (Fsp3) is 0. The topological polar surface area (TPSA) is 0 Å². The molecule has 0 aliphatic rings. The molecule has 110 valence electrons. The van der Waals surface area contributed by atoms with E-state index in [1.807, 2.05) is 12.1 Å². The Labute approximate surface area is 134 Å². The first kappa shape index (κ1) is 13.0. The van der Waals surface area contributed by atoms with E-state index in [9.17, 15) is 8.78 Å². The zero-order chi connectivity index (χ0) is 15.6. The van der Waals surface area contributed by atoms with Crippen LogP contribution >= 0.6 is 11.3 Å². The summed E-state index contributed by atoms with van der Waals surface area (Å²) in [6.07, 6.45) is 0. The maximum absolute atomic E-state index is 13.5. The van der Waals surface area contributed by atoms with Gasteiger partial charge in [-0.3, -0.25) is 0 Å². The van der Waals surface area contributed by atoms with Gasteiger partial charge < -0.3 is 0 Å².